The van der Waals surface area contributed by atoms with Crippen LogP contribution in [0.4, 0.5) is 0 Å². The van der Waals surface area contributed by atoms with Crippen LogP contribution in [0.1, 0.15) is 10.4 Å². The fraction of sp³-hybridized carbons (Fsp3) is 0. The van der Waals surface area contributed by atoms with Crippen molar-refractivity contribution in [2.24, 2.45) is 5.90 Å². The number of allylic oxidation sites excluding steroid dienone is 1. The predicted octanol–water partition coefficient (Wildman–Crippen LogP) is -0.367. The second-order valence-corrected chi connectivity index (χ2v) is 2.68. The molecule has 0 saturated heterocycles. The van der Waals surface area contributed by atoms with Gasteiger partial charge in [0.2, 0.25) is 0 Å². The summed E-state index contributed by atoms with van der Waals surface area (Å²) in [7, 11) is -1.22. The first-order chi connectivity index (χ1) is 6.69. The average molecular weight is 191 g/mol. The van der Waals surface area contributed by atoms with Gasteiger partial charge in [-0.25, -0.2) is 5.90 Å². The van der Waals surface area contributed by atoms with Crippen LogP contribution in [0.2, 0.25) is 0 Å². The van der Waals surface area contributed by atoms with Gasteiger partial charge >= 0.3 is 7.12 Å². The molecule has 4 nitrogen and oxygen atoms in total. The molecule has 1 rings (SSSR count). The molecule has 0 aliphatic heterocycles. The van der Waals surface area contributed by atoms with Gasteiger partial charge in [0.05, 0.1) is 0 Å². The standard InChI is InChI=1S/C9H10BNO3/c1-2-9(12)7-4-3-5-8(6-7)10(13)14-11/h2-6,13H,1,11H2. The molecule has 0 unspecified atom stereocenters. The SMILES string of the molecule is C=CC(=O)c1cccc(B(O)ON)c1. The number of carbonyl (C=O) groups is 1. The highest BCUT2D eigenvalue weighted by atomic mass is 16.6. The number of nitrogens with two attached hydrogens (primary N) is 1. The van der Waals surface area contributed by atoms with Gasteiger partial charge in [-0.1, -0.05) is 30.8 Å². The van der Waals surface area contributed by atoms with E-state index in [2.05, 4.69) is 11.3 Å². The summed E-state index contributed by atoms with van der Waals surface area (Å²) in [5.74, 6) is 4.60. The maximum absolute atomic E-state index is 11.2. The quantitative estimate of drug-likeness (QED) is 0.295. The van der Waals surface area contributed by atoms with Gasteiger partial charge in [0.1, 0.15) is 0 Å². The minimum absolute atomic E-state index is 0.212. The van der Waals surface area contributed by atoms with E-state index in [1.807, 2.05) is 0 Å². The van der Waals surface area contributed by atoms with Crippen molar-refractivity contribution >= 4 is 18.4 Å². The molecule has 3 N–H and O–H groups in total. The van der Waals surface area contributed by atoms with Crippen molar-refractivity contribution in [1.29, 1.82) is 0 Å². The third kappa shape index (κ3) is 2.29. The van der Waals surface area contributed by atoms with E-state index >= 15 is 0 Å². The molecule has 0 aliphatic rings. The number of rotatable bonds is 4. The van der Waals surface area contributed by atoms with Crippen LogP contribution in [0.5, 0.6) is 0 Å². The van der Waals surface area contributed by atoms with Gasteiger partial charge in [-0.15, -0.1) is 0 Å². The molecule has 0 heterocycles. The first-order valence-electron chi connectivity index (χ1n) is 3.99. The maximum atomic E-state index is 11.2. The summed E-state index contributed by atoms with van der Waals surface area (Å²) in [6.45, 7) is 3.36. The smallest absolute Gasteiger partial charge is 0.422 e. The summed E-state index contributed by atoms with van der Waals surface area (Å²) in [5, 5.41) is 9.22. The molecule has 0 bridgehead atoms. The summed E-state index contributed by atoms with van der Waals surface area (Å²) in [6.07, 6.45) is 1.20. The number of ketones is 1. The summed E-state index contributed by atoms with van der Waals surface area (Å²) in [5.41, 5.74) is 0.869. The van der Waals surface area contributed by atoms with E-state index < -0.39 is 7.12 Å². The van der Waals surface area contributed by atoms with Crippen LogP contribution < -0.4 is 11.4 Å². The van der Waals surface area contributed by atoms with Crippen molar-refractivity contribution < 1.29 is 14.6 Å². The Morgan fingerprint density at radius 1 is 1.64 bits per heavy atom. The Morgan fingerprint density at radius 2 is 2.36 bits per heavy atom. The minimum atomic E-state index is -1.22. The average Bonchev–Trinajstić information content (AvgIpc) is 2.27. The third-order valence-electron chi connectivity index (χ3n) is 1.77. The van der Waals surface area contributed by atoms with Crippen LogP contribution in [0.25, 0.3) is 0 Å². The third-order valence-corrected chi connectivity index (χ3v) is 1.77. The zero-order chi connectivity index (χ0) is 10.6. The van der Waals surface area contributed by atoms with Crippen molar-refractivity contribution in [2.45, 2.75) is 0 Å². The summed E-state index contributed by atoms with van der Waals surface area (Å²) in [6, 6.07) is 6.37. The Balaban J connectivity index is 3.00. The Labute approximate surface area is 82.1 Å². The number of benzene rings is 1. The molecule has 1 aromatic rings. The molecular weight excluding hydrogens is 181 g/mol. The van der Waals surface area contributed by atoms with E-state index in [0.29, 0.717) is 11.0 Å². The molecule has 0 amide bonds. The lowest BCUT2D eigenvalue weighted by molar-refractivity contribution is 0.104. The summed E-state index contributed by atoms with van der Waals surface area (Å²) >= 11 is 0. The zero-order valence-electron chi connectivity index (χ0n) is 7.51. The van der Waals surface area contributed by atoms with Crippen LogP contribution in [0, 0.1) is 0 Å². The molecule has 0 spiro atoms. The van der Waals surface area contributed by atoms with Gasteiger partial charge in [0.25, 0.3) is 0 Å². The molecule has 0 radical (unpaired) electrons. The lowest BCUT2D eigenvalue weighted by Crippen LogP contribution is -2.36. The van der Waals surface area contributed by atoms with Crippen LogP contribution in [-0.2, 0) is 4.76 Å². The summed E-state index contributed by atoms with van der Waals surface area (Å²) in [4.78, 5) is 11.2. The lowest BCUT2D eigenvalue weighted by atomic mass is 9.79. The van der Waals surface area contributed by atoms with Crippen LogP contribution in [-0.4, -0.2) is 17.9 Å². The molecule has 5 heteroatoms. The molecule has 0 fully saturated rings. The van der Waals surface area contributed by atoms with Crippen molar-refractivity contribution in [1.82, 2.24) is 0 Å². The Bertz CT molecular complexity index is 354. The van der Waals surface area contributed by atoms with E-state index in [-0.39, 0.29) is 5.78 Å². The van der Waals surface area contributed by atoms with E-state index in [9.17, 15) is 9.82 Å². The number of hydrogen-bond donors (Lipinski definition) is 2. The molecule has 14 heavy (non-hydrogen) atoms. The molecule has 0 aliphatic carbocycles. The fourth-order valence-corrected chi connectivity index (χ4v) is 1.04. The molecule has 72 valence electrons. The highest BCUT2D eigenvalue weighted by Gasteiger charge is 2.16. The molecular formula is C9H10BNO3. The molecule has 0 atom stereocenters. The zero-order valence-corrected chi connectivity index (χ0v) is 7.51. The topological polar surface area (TPSA) is 72.5 Å². The minimum Gasteiger partial charge on any atom is -0.422 e. The fourth-order valence-electron chi connectivity index (χ4n) is 1.04. The highest BCUT2D eigenvalue weighted by molar-refractivity contribution is 6.59. The first-order valence-corrected chi connectivity index (χ1v) is 3.99. The van der Waals surface area contributed by atoms with Gasteiger partial charge in [-0.2, -0.15) is 0 Å². The van der Waals surface area contributed by atoms with E-state index in [1.165, 1.54) is 12.1 Å². The molecule has 0 saturated carbocycles. The monoisotopic (exact) mass is 191 g/mol. The van der Waals surface area contributed by atoms with Gasteiger partial charge < -0.3 is 9.78 Å². The normalized spacial score (nSPS) is 9.57. The van der Waals surface area contributed by atoms with E-state index in [0.717, 1.165) is 0 Å². The lowest BCUT2D eigenvalue weighted by Gasteiger charge is -2.03. The van der Waals surface area contributed by atoms with Crippen molar-refractivity contribution in [2.75, 3.05) is 0 Å². The number of carbonyl (C=O) groups excluding carboxylic acids is 1. The van der Waals surface area contributed by atoms with Gasteiger partial charge in [-0.05, 0) is 11.5 Å². The second kappa shape index (κ2) is 4.71. The molecule has 0 aromatic heterocycles. The predicted molar refractivity (Wildman–Crippen MR) is 53.8 cm³/mol. The Morgan fingerprint density at radius 3 is 2.93 bits per heavy atom. The second-order valence-electron chi connectivity index (χ2n) is 2.68. The first kappa shape index (κ1) is 10.7. The van der Waals surface area contributed by atoms with Gasteiger partial charge in [0.15, 0.2) is 5.78 Å². The summed E-state index contributed by atoms with van der Waals surface area (Å²) < 4.78 is 4.22. The number of hydrogen-bond acceptors (Lipinski definition) is 4. The highest BCUT2D eigenvalue weighted by Crippen LogP contribution is 1.99. The maximum Gasteiger partial charge on any atom is 0.508 e. The van der Waals surface area contributed by atoms with Crippen molar-refractivity contribution in [3.05, 3.63) is 42.5 Å². The van der Waals surface area contributed by atoms with Crippen LogP contribution in [0.3, 0.4) is 0 Å². The largest absolute Gasteiger partial charge is 0.508 e. The Kier molecular flexibility index (Phi) is 3.59. The van der Waals surface area contributed by atoms with Crippen LogP contribution >= 0.6 is 0 Å². The van der Waals surface area contributed by atoms with Gasteiger partial charge in [-0.3, -0.25) is 4.79 Å². The van der Waals surface area contributed by atoms with Crippen LogP contribution in [0.15, 0.2) is 36.9 Å². The molecule has 1 aromatic carbocycles. The van der Waals surface area contributed by atoms with Crippen molar-refractivity contribution in [3.63, 3.8) is 0 Å². The van der Waals surface area contributed by atoms with E-state index in [1.54, 1.807) is 18.2 Å². The Hall–Kier alpha value is -1.43. The van der Waals surface area contributed by atoms with E-state index in [4.69, 9.17) is 5.90 Å². The van der Waals surface area contributed by atoms with Gasteiger partial charge in [0, 0.05) is 5.56 Å². The van der Waals surface area contributed by atoms with Crippen molar-refractivity contribution in [3.8, 4) is 0 Å².